The number of amides is 1. The Morgan fingerprint density at radius 1 is 1.22 bits per heavy atom. The van der Waals surface area contributed by atoms with Crippen LogP contribution in [0.4, 0.5) is 0 Å². The highest BCUT2D eigenvalue weighted by atomic mass is 16.5. The second-order valence-corrected chi connectivity index (χ2v) is 8.43. The molecule has 2 fully saturated rings. The fourth-order valence-electron chi connectivity index (χ4n) is 4.61. The van der Waals surface area contributed by atoms with E-state index in [2.05, 4.69) is 60.1 Å². The Balaban J connectivity index is 1.69. The molecule has 2 aliphatic heterocycles. The van der Waals surface area contributed by atoms with E-state index in [1.165, 1.54) is 11.1 Å². The molecule has 0 aliphatic carbocycles. The zero-order valence-corrected chi connectivity index (χ0v) is 17.1. The third kappa shape index (κ3) is 4.99. The molecular formula is C23H34N2O2. The van der Waals surface area contributed by atoms with Crippen molar-refractivity contribution in [3.8, 4) is 0 Å². The van der Waals surface area contributed by atoms with Gasteiger partial charge >= 0.3 is 0 Å². The number of hydrogen-bond acceptors (Lipinski definition) is 3. The van der Waals surface area contributed by atoms with Crippen molar-refractivity contribution in [2.24, 2.45) is 11.3 Å². The minimum absolute atomic E-state index is 0.154. The number of likely N-dealkylation sites (tertiary alicyclic amines) is 2. The van der Waals surface area contributed by atoms with E-state index in [4.69, 9.17) is 4.74 Å². The van der Waals surface area contributed by atoms with E-state index < -0.39 is 0 Å². The molecule has 2 atom stereocenters. The Labute approximate surface area is 164 Å². The summed E-state index contributed by atoms with van der Waals surface area (Å²) in [5.74, 6) is 0.721. The van der Waals surface area contributed by atoms with Gasteiger partial charge in [0.1, 0.15) is 6.61 Å². The van der Waals surface area contributed by atoms with E-state index in [1.807, 2.05) is 6.92 Å². The van der Waals surface area contributed by atoms with Crippen molar-refractivity contribution in [2.75, 3.05) is 45.9 Å². The first kappa shape index (κ1) is 20.1. The summed E-state index contributed by atoms with van der Waals surface area (Å²) < 4.78 is 5.37. The molecule has 27 heavy (non-hydrogen) atoms. The Kier molecular flexibility index (Phi) is 6.72. The molecule has 1 amide bonds. The minimum Gasteiger partial charge on any atom is -0.372 e. The molecule has 4 nitrogen and oxygen atoms in total. The number of allylic oxidation sites excluding steroid dienone is 1. The number of benzene rings is 1. The molecule has 3 rings (SSSR count). The molecule has 0 unspecified atom stereocenters. The lowest BCUT2D eigenvalue weighted by Gasteiger charge is -2.29. The second kappa shape index (κ2) is 9.03. The highest BCUT2D eigenvalue weighted by Gasteiger charge is 2.52. The van der Waals surface area contributed by atoms with Crippen LogP contribution in [-0.2, 0) is 16.0 Å². The number of nitrogens with zero attached hydrogens (tertiary/aromatic N) is 2. The fourth-order valence-corrected chi connectivity index (χ4v) is 4.61. The highest BCUT2D eigenvalue weighted by molar-refractivity contribution is 5.78. The number of hydrogen-bond donors (Lipinski definition) is 0. The minimum atomic E-state index is 0.154. The predicted molar refractivity (Wildman–Crippen MR) is 110 cm³/mol. The van der Waals surface area contributed by atoms with Crippen LogP contribution in [0.3, 0.4) is 0 Å². The number of aryl methyl sites for hydroxylation is 1. The number of carbonyl (C=O) groups is 1. The van der Waals surface area contributed by atoms with Crippen LogP contribution in [0.2, 0.25) is 0 Å². The van der Waals surface area contributed by atoms with Gasteiger partial charge in [-0.05, 0) is 45.1 Å². The molecule has 1 aromatic carbocycles. The zero-order chi connectivity index (χ0) is 19.3. The third-order valence-electron chi connectivity index (χ3n) is 6.12. The van der Waals surface area contributed by atoms with Crippen LogP contribution in [-0.4, -0.2) is 61.6 Å². The van der Waals surface area contributed by atoms with Gasteiger partial charge in [-0.2, -0.15) is 0 Å². The molecule has 2 saturated heterocycles. The van der Waals surface area contributed by atoms with E-state index in [-0.39, 0.29) is 17.9 Å². The maximum absolute atomic E-state index is 12.5. The maximum atomic E-state index is 12.5. The Hall–Kier alpha value is -1.65. The summed E-state index contributed by atoms with van der Waals surface area (Å²) in [6.07, 6.45) is 4.55. The molecular weight excluding hydrogens is 336 g/mol. The van der Waals surface area contributed by atoms with Gasteiger partial charge in [-0.3, -0.25) is 9.69 Å². The predicted octanol–water partition coefficient (Wildman–Crippen LogP) is 3.38. The van der Waals surface area contributed by atoms with E-state index in [0.717, 1.165) is 45.6 Å². The van der Waals surface area contributed by atoms with Gasteiger partial charge in [0.15, 0.2) is 0 Å². The lowest BCUT2D eigenvalue weighted by Crippen LogP contribution is -2.38. The van der Waals surface area contributed by atoms with Gasteiger partial charge in [0.2, 0.25) is 5.91 Å². The Morgan fingerprint density at radius 2 is 2.00 bits per heavy atom. The average molecular weight is 371 g/mol. The fraction of sp³-hybridized carbons (Fsp3) is 0.609. The molecule has 2 aliphatic rings. The summed E-state index contributed by atoms with van der Waals surface area (Å²) in [6.45, 7) is 12.1. The quantitative estimate of drug-likeness (QED) is 0.658. The van der Waals surface area contributed by atoms with Gasteiger partial charge < -0.3 is 9.64 Å². The van der Waals surface area contributed by atoms with Crippen LogP contribution in [0.15, 0.2) is 42.0 Å². The first-order valence-corrected chi connectivity index (χ1v) is 10.3. The van der Waals surface area contributed by atoms with Crippen LogP contribution < -0.4 is 0 Å². The number of rotatable bonds is 8. The first-order valence-electron chi connectivity index (χ1n) is 10.3. The molecule has 0 bridgehead atoms. The molecule has 0 spiro atoms. The van der Waals surface area contributed by atoms with E-state index >= 15 is 0 Å². The van der Waals surface area contributed by atoms with Crippen molar-refractivity contribution in [1.29, 1.82) is 0 Å². The molecule has 0 saturated carbocycles. The van der Waals surface area contributed by atoms with E-state index in [0.29, 0.717) is 12.5 Å². The molecule has 0 N–H and O–H groups in total. The molecule has 0 radical (unpaired) electrons. The van der Waals surface area contributed by atoms with Crippen molar-refractivity contribution in [1.82, 2.24) is 9.80 Å². The Morgan fingerprint density at radius 3 is 2.70 bits per heavy atom. The summed E-state index contributed by atoms with van der Waals surface area (Å²) in [7, 11) is 0. The smallest absolute Gasteiger partial charge is 0.248 e. The average Bonchev–Trinajstić information content (AvgIpc) is 3.17. The van der Waals surface area contributed by atoms with Crippen molar-refractivity contribution < 1.29 is 9.53 Å². The third-order valence-corrected chi connectivity index (χ3v) is 6.12. The summed E-state index contributed by atoms with van der Waals surface area (Å²) >= 11 is 0. The topological polar surface area (TPSA) is 32.8 Å². The van der Waals surface area contributed by atoms with Crippen LogP contribution in [0, 0.1) is 11.3 Å². The number of fused-ring (bicyclic) bond motifs is 1. The normalized spacial score (nSPS) is 24.9. The highest BCUT2D eigenvalue weighted by Crippen LogP contribution is 2.45. The van der Waals surface area contributed by atoms with Gasteiger partial charge in [0.05, 0.1) is 0 Å². The standard InChI is InChI=1S/C23H34N2O2/c1-4-27-16-22(26)25-15-21-14-24(13-11-19(2)3)17-23(21,18-25)12-10-20-8-6-5-7-9-20/h5-9,11,21H,4,10,12-18H2,1-3H3/t21-,23+/m0/s1. The molecule has 4 heteroatoms. The Bertz CT molecular complexity index is 654. The van der Waals surface area contributed by atoms with Crippen LogP contribution >= 0.6 is 0 Å². The summed E-state index contributed by atoms with van der Waals surface area (Å²) in [5.41, 5.74) is 2.99. The second-order valence-electron chi connectivity index (χ2n) is 8.43. The van der Waals surface area contributed by atoms with E-state index in [1.54, 1.807) is 0 Å². The lowest BCUT2D eigenvalue weighted by molar-refractivity contribution is -0.135. The maximum Gasteiger partial charge on any atom is 0.248 e. The zero-order valence-electron chi connectivity index (χ0n) is 17.1. The van der Waals surface area contributed by atoms with Crippen LogP contribution in [0.25, 0.3) is 0 Å². The summed E-state index contributed by atoms with van der Waals surface area (Å²) in [6, 6.07) is 10.7. The van der Waals surface area contributed by atoms with Gasteiger partial charge in [0, 0.05) is 44.7 Å². The van der Waals surface area contributed by atoms with Gasteiger partial charge in [-0.1, -0.05) is 42.0 Å². The SMILES string of the molecule is CCOCC(=O)N1C[C@@H]2CN(CC=C(C)C)C[C@]2(CCc2ccccc2)C1. The molecule has 148 valence electrons. The summed E-state index contributed by atoms with van der Waals surface area (Å²) in [4.78, 5) is 17.2. The molecule has 2 heterocycles. The van der Waals surface area contributed by atoms with Crippen LogP contribution in [0.1, 0.15) is 32.8 Å². The lowest BCUT2D eigenvalue weighted by atomic mass is 9.76. The number of ether oxygens (including phenoxy) is 1. The van der Waals surface area contributed by atoms with Gasteiger partial charge in [-0.25, -0.2) is 0 Å². The van der Waals surface area contributed by atoms with Crippen molar-refractivity contribution in [2.45, 2.75) is 33.6 Å². The number of carbonyl (C=O) groups excluding carboxylic acids is 1. The van der Waals surface area contributed by atoms with Crippen molar-refractivity contribution in [3.05, 3.63) is 47.5 Å². The van der Waals surface area contributed by atoms with E-state index in [9.17, 15) is 4.79 Å². The monoisotopic (exact) mass is 370 g/mol. The van der Waals surface area contributed by atoms with Gasteiger partial charge in [0.25, 0.3) is 0 Å². The van der Waals surface area contributed by atoms with Crippen molar-refractivity contribution >= 4 is 5.91 Å². The summed E-state index contributed by atoms with van der Waals surface area (Å²) in [5, 5.41) is 0. The largest absolute Gasteiger partial charge is 0.372 e. The van der Waals surface area contributed by atoms with Crippen LogP contribution in [0.5, 0.6) is 0 Å². The first-order chi connectivity index (χ1) is 13.0. The molecule has 0 aromatic heterocycles. The van der Waals surface area contributed by atoms with Crippen molar-refractivity contribution in [3.63, 3.8) is 0 Å². The molecule has 1 aromatic rings. The van der Waals surface area contributed by atoms with Gasteiger partial charge in [-0.15, -0.1) is 0 Å².